The Balaban J connectivity index is 0.000000188. The number of ketones is 2. The zero-order valence-corrected chi connectivity index (χ0v) is 27.4. The molecule has 0 aliphatic carbocycles. The van der Waals surface area contributed by atoms with Gasteiger partial charge in [0.25, 0.3) is 0 Å². The molecule has 0 bridgehead atoms. The summed E-state index contributed by atoms with van der Waals surface area (Å²) < 4.78 is 11.3. The fraction of sp³-hybridized carbons (Fsp3) is 0.111. The molecule has 240 valence electrons. The summed E-state index contributed by atoms with van der Waals surface area (Å²) in [4.78, 5) is 49.2. The second-order valence-electron chi connectivity index (χ2n) is 10.4. The highest BCUT2D eigenvalue weighted by Crippen LogP contribution is 2.27. The predicted octanol–water partition coefficient (Wildman–Crippen LogP) is 8.10. The number of aryl methyl sites for hydroxylation is 2. The Kier molecular flexibility index (Phi) is 11.5. The third kappa shape index (κ3) is 10.2. The molecular weight excluding hydrogens is 651 g/mol. The van der Waals surface area contributed by atoms with Crippen molar-refractivity contribution in [2.75, 3.05) is 0 Å². The predicted molar refractivity (Wildman–Crippen MR) is 181 cm³/mol. The summed E-state index contributed by atoms with van der Waals surface area (Å²) in [5.41, 5.74) is 4.13. The Morgan fingerprint density at radius 3 is 1.33 bits per heavy atom. The van der Waals surface area contributed by atoms with Crippen LogP contribution in [-0.4, -0.2) is 41.5 Å². The van der Waals surface area contributed by atoms with Crippen molar-refractivity contribution in [3.05, 3.63) is 154 Å². The van der Waals surface area contributed by atoms with Crippen molar-refractivity contribution in [1.29, 1.82) is 0 Å². The molecule has 0 fully saturated rings. The van der Waals surface area contributed by atoms with E-state index in [4.69, 9.17) is 32.7 Å². The van der Waals surface area contributed by atoms with Crippen LogP contribution in [-0.2, 0) is 12.8 Å². The molecule has 2 aromatic carbocycles. The fourth-order valence-electron chi connectivity index (χ4n) is 4.44. The first-order valence-corrected chi connectivity index (χ1v) is 15.3. The van der Waals surface area contributed by atoms with Gasteiger partial charge in [-0.15, -0.1) is 0 Å². The van der Waals surface area contributed by atoms with Gasteiger partial charge in [0.2, 0.25) is 0 Å². The van der Waals surface area contributed by atoms with Gasteiger partial charge in [-0.25, -0.2) is 19.9 Å². The third-order valence-corrected chi connectivity index (χ3v) is 6.94. The van der Waals surface area contributed by atoms with Gasteiger partial charge in [0, 0.05) is 43.9 Å². The first-order valence-electron chi connectivity index (χ1n) is 14.6. The highest BCUT2D eigenvalue weighted by Gasteiger charge is 2.13. The maximum absolute atomic E-state index is 12.5. The molecule has 10 nitrogen and oxygen atoms in total. The minimum atomic E-state index is -0.0789. The van der Waals surface area contributed by atoms with Crippen LogP contribution in [0, 0.1) is 13.8 Å². The number of hydrogen-bond acceptors (Lipinski definition) is 10. The minimum absolute atomic E-state index is 0.0789. The highest BCUT2D eigenvalue weighted by molar-refractivity contribution is 6.31. The van der Waals surface area contributed by atoms with E-state index in [1.807, 2.05) is 50.2 Å². The third-order valence-electron chi connectivity index (χ3n) is 6.51. The molecule has 0 aliphatic heterocycles. The summed E-state index contributed by atoms with van der Waals surface area (Å²) in [5, 5.41) is 0.842. The smallest absolute Gasteiger partial charge is 0.169 e. The van der Waals surface area contributed by atoms with Crippen LogP contribution in [0.3, 0.4) is 0 Å². The number of aromatic nitrogens is 6. The SMILES string of the molecule is Cc1cccc(CC(=O)c2cc(Cl)cc(Oc3cncnc3)c2)n1.Cc1cccc(CC(=O)c2cc(Cl)cc(Oc3cncnc3)c2)n1. The largest absolute Gasteiger partial charge is 0.454 e. The van der Waals surface area contributed by atoms with Crippen LogP contribution in [0.4, 0.5) is 0 Å². The summed E-state index contributed by atoms with van der Waals surface area (Å²) in [5.74, 6) is 1.70. The van der Waals surface area contributed by atoms with E-state index in [9.17, 15) is 9.59 Å². The van der Waals surface area contributed by atoms with Crippen molar-refractivity contribution in [2.45, 2.75) is 26.7 Å². The van der Waals surface area contributed by atoms with Crippen LogP contribution >= 0.6 is 23.2 Å². The molecule has 0 saturated carbocycles. The number of ether oxygens (including phenoxy) is 2. The molecule has 0 aliphatic rings. The standard InChI is InChI=1S/2C18H14ClN3O2/c2*1-12-3-2-4-15(22-12)8-18(23)13-5-14(19)7-16(6-13)24-17-9-20-11-21-10-17/h2*2-7,9-11H,8H2,1H3. The molecule has 0 atom stereocenters. The van der Waals surface area contributed by atoms with E-state index in [2.05, 4.69) is 29.9 Å². The Hall–Kier alpha value is -5.58. The number of halogens is 2. The lowest BCUT2D eigenvalue weighted by Gasteiger charge is -2.08. The quantitative estimate of drug-likeness (QED) is 0.131. The summed E-state index contributed by atoms with van der Waals surface area (Å²) in [6.07, 6.45) is 9.37. The Bertz CT molecular complexity index is 1880. The first kappa shape index (κ1) is 33.8. The van der Waals surface area contributed by atoms with Gasteiger partial charge in [0.15, 0.2) is 23.1 Å². The number of rotatable bonds is 10. The van der Waals surface area contributed by atoms with Gasteiger partial charge in [-0.3, -0.25) is 19.6 Å². The Labute approximate surface area is 286 Å². The fourth-order valence-corrected chi connectivity index (χ4v) is 4.89. The van der Waals surface area contributed by atoms with E-state index in [0.29, 0.717) is 44.2 Å². The number of Topliss-reactive ketones (excluding diaryl/α,β-unsaturated/α-hetero) is 2. The Morgan fingerprint density at radius 2 is 0.958 bits per heavy atom. The van der Waals surface area contributed by atoms with E-state index in [1.54, 1.807) is 36.4 Å². The number of carbonyl (C=O) groups is 2. The topological polar surface area (TPSA) is 130 Å². The van der Waals surface area contributed by atoms with Crippen LogP contribution in [0.15, 0.2) is 110 Å². The molecule has 48 heavy (non-hydrogen) atoms. The zero-order valence-electron chi connectivity index (χ0n) is 25.9. The van der Waals surface area contributed by atoms with Crippen molar-refractivity contribution in [3.63, 3.8) is 0 Å². The van der Waals surface area contributed by atoms with E-state index in [1.165, 1.54) is 37.4 Å². The Morgan fingerprint density at radius 1 is 0.562 bits per heavy atom. The molecule has 0 radical (unpaired) electrons. The maximum Gasteiger partial charge on any atom is 0.169 e. The number of benzene rings is 2. The van der Waals surface area contributed by atoms with Crippen LogP contribution < -0.4 is 9.47 Å². The van der Waals surface area contributed by atoms with Crippen LogP contribution in [0.2, 0.25) is 10.0 Å². The van der Waals surface area contributed by atoms with Crippen LogP contribution in [0.25, 0.3) is 0 Å². The maximum atomic E-state index is 12.5. The lowest BCUT2D eigenvalue weighted by molar-refractivity contribution is 0.0983. The van der Waals surface area contributed by atoms with E-state index in [0.717, 1.165) is 22.8 Å². The zero-order chi connectivity index (χ0) is 33.9. The summed E-state index contributed by atoms with van der Waals surface area (Å²) >= 11 is 12.2. The van der Waals surface area contributed by atoms with E-state index >= 15 is 0 Å². The summed E-state index contributed by atoms with van der Waals surface area (Å²) in [7, 11) is 0. The number of carbonyl (C=O) groups excluding carboxylic acids is 2. The monoisotopic (exact) mass is 678 g/mol. The molecule has 0 amide bonds. The molecule has 12 heteroatoms. The number of pyridine rings is 2. The highest BCUT2D eigenvalue weighted by atomic mass is 35.5. The molecule has 6 aromatic rings. The lowest BCUT2D eigenvalue weighted by atomic mass is 10.1. The van der Waals surface area contributed by atoms with Gasteiger partial charge in [-0.05, 0) is 74.5 Å². The number of nitrogens with zero attached hydrogens (tertiary/aromatic N) is 6. The molecule has 0 N–H and O–H groups in total. The summed E-state index contributed by atoms with van der Waals surface area (Å²) in [6, 6.07) is 21.0. The van der Waals surface area contributed by atoms with Gasteiger partial charge in [0.1, 0.15) is 24.2 Å². The number of hydrogen-bond donors (Lipinski definition) is 0. The van der Waals surface area contributed by atoms with Crippen LogP contribution in [0.5, 0.6) is 23.0 Å². The van der Waals surface area contributed by atoms with E-state index < -0.39 is 0 Å². The lowest BCUT2D eigenvalue weighted by Crippen LogP contribution is -2.06. The molecule has 4 aromatic heterocycles. The van der Waals surface area contributed by atoms with Gasteiger partial charge >= 0.3 is 0 Å². The molecule has 0 saturated heterocycles. The molecule has 6 rings (SSSR count). The van der Waals surface area contributed by atoms with Crippen molar-refractivity contribution < 1.29 is 19.1 Å². The van der Waals surface area contributed by atoms with Gasteiger partial charge in [-0.1, -0.05) is 35.3 Å². The normalized spacial score (nSPS) is 10.4. The second kappa shape index (κ2) is 16.3. The second-order valence-corrected chi connectivity index (χ2v) is 11.3. The van der Waals surface area contributed by atoms with Crippen molar-refractivity contribution in [3.8, 4) is 23.0 Å². The first-order chi connectivity index (χ1) is 23.2. The van der Waals surface area contributed by atoms with Crippen molar-refractivity contribution in [2.24, 2.45) is 0 Å². The van der Waals surface area contributed by atoms with Crippen LogP contribution in [0.1, 0.15) is 43.5 Å². The van der Waals surface area contributed by atoms with Gasteiger partial charge < -0.3 is 9.47 Å². The molecule has 4 heterocycles. The van der Waals surface area contributed by atoms with Gasteiger partial charge in [0.05, 0.1) is 37.6 Å². The summed E-state index contributed by atoms with van der Waals surface area (Å²) in [6.45, 7) is 3.78. The van der Waals surface area contributed by atoms with Crippen molar-refractivity contribution >= 4 is 34.8 Å². The molecular formula is C36H28Cl2N6O4. The molecule has 0 spiro atoms. The van der Waals surface area contributed by atoms with Crippen molar-refractivity contribution in [1.82, 2.24) is 29.9 Å². The van der Waals surface area contributed by atoms with E-state index in [-0.39, 0.29) is 24.4 Å². The average molecular weight is 680 g/mol. The average Bonchev–Trinajstić information content (AvgIpc) is 3.05. The minimum Gasteiger partial charge on any atom is -0.454 e. The molecule has 0 unspecified atom stereocenters. The van der Waals surface area contributed by atoms with Gasteiger partial charge in [-0.2, -0.15) is 0 Å².